The Labute approximate surface area is 189 Å². The Hall–Kier alpha value is -3.01. The molecule has 3 rings (SSSR count). The van der Waals surface area contributed by atoms with Crippen molar-refractivity contribution in [3.63, 3.8) is 0 Å². The molecule has 0 bridgehead atoms. The van der Waals surface area contributed by atoms with Gasteiger partial charge in [0.1, 0.15) is 12.3 Å². The summed E-state index contributed by atoms with van der Waals surface area (Å²) in [5, 5.41) is 2.10. The molecule has 0 unspecified atom stereocenters. The number of carbonyl (C=O) groups excluding carboxylic acids is 1. The molecule has 0 atom stereocenters. The number of amides is 1. The summed E-state index contributed by atoms with van der Waals surface area (Å²) >= 11 is 7.65. The Morgan fingerprint density at radius 3 is 2.48 bits per heavy atom. The molecule has 0 saturated heterocycles. The summed E-state index contributed by atoms with van der Waals surface area (Å²) in [6.45, 7) is 3.37. The number of hydrazine groups is 1. The van der Waals surface area contributed by atoms with Crippen LogP contribution in [0.5, 0.6) is 5.75 Å². The van der Waals surface area contributed by atoms with Crippen LogP contribution in [-0.2, 0) is 14.8 Å². The van der Waals surface area contributed by atoms with Gasteiger partial charge in [0.05, 0.1) is 33.3 Å². The van der Waals surface area contributed by atoms with Gasteiger partial charge in [-0.25, -0.2) is 8.42 Å². The molecule has 0 aliphatic heterocycles. The SMILES string of the molecule is C=C(NNC(=O)CN(c1ccc(OC)c(Cl)c1)S(=O)(=O)c1ccccc1)c1cccs1. The number of anilines is 1. The molecule has 2 N–H and O–H groups in total. The van der Waals surface area contributed by atoms with Gasteiger partial charge in [0.2, 0.25) is 0 Å². The highest BCUT2D eigenvalue weighted by atomic mass is 35.5. The maximum absolute atomic E-state index is 13.3. The van der Waals surface area contributed by atoms with E-state index in [2.05, 4.69) is 17.4 Å². The average Bonchev–Trinajstić information content (AvgIpc) is 3.31. The van der Waals surface area contributed by atoms with Crippen molar-refractivity contribution in [1.82, 2.24) is 10.9 Å². The van der Waals surface area contributed by atoms with Crippen molar-refractivity contribution in [2.24, 2.45) is 0 Å². The minimum Gasteiger partial charge on any atom is -0.495 e. The van der Waals surface area contributed by atoms with Gasteiger partial charge in [-0.3, -0.25) is 20.0 Å². The number of methoxy groups -OCH3 is 1. The van der Waals surface area contributed by atoms with Crippen LogP contribution in [0.1, 0.15) is 4.88 Å². The first-order chi connectivity index (χ1) is 14.8. The van der Waals surface area contributed by atoms with Crippen molar-refractivity contribution in [2.75, 3.05) is 18.0 Å². The van der Waals surface area contributed by atoms with Crippen LogP contribution in [0.25, 0.3) is 5.70 Å². The van der Waals surface area contributed by atoms with E-state index in [0.29, 0.717) is 11.4 Å². The van der Waals surface area contributed by atoms with Crippen LogP contribution in [0.15, 0.2) is 77.5 Å². The first-order valence-corrected chi connectivity index (χ1v) is 11.7. The van der Waals surface area contributed by atoms with Gasteiger partial charge in [0, 0.05) is 0 Å². The van der Waals surface area contributed by atoms with Gasteiger partial charge < -0.3 is 4.74 Å². The van der Waals surface area contributed by atoms with Crippen LogP contribution >= 0.6 is 22.9 Å². The number of hydrogen-bond acceptors (Lipinski definition) is 6. The number of thiophene rings is 1. The number of carbonyl (C=O) groups is 1. The maximum Gasteiger partial charge on any atom is 0.264 e. The van der Waals surface area contributed by atoms with E-state index in [9.17, 15) is 13.2 Å². The fraction of sp³-hybridized carbons (Fsp3) is 0.0952. The van der Waals surface area contributed by atoms with Crippen LogP contribution in [0.3, 0.4) is 0 Å². The Kier molecular flexibility index (Phi) is 7.21. The van der Waals surface area contributed by atoms with Gasteiger partial charge in [-0.15, -0.1) is 11.3 Å². The molecule has 0 spiro atoms. The fourth-order valence-corrected chi connectivity index (χ4v) is 5.01. The normalized spacial score (nSPS) is 10.9. The quantitative estimate of drug-likeness (QED) is 0.456. The van der Waals surface area contributed by atoms with E-state index < -0.39 is 22.5 Å². The van der Waals surface area contributed by atoms with Crippen LogP contribution in [0.2, 0.25) is 5.02 Å². The highest BCUT2D eigenvalue weighted by Crippen LogP contribution is 2.31. The molecule has 0 saturated carbocycles. The first-order valence-electron chi connectivity index (χ1n) is 9.02. The van der Waals surface area contributed by atoms with Crippen molar-refractivity contribution in [3.05, 3.63) is 82.5 Å². The van der Waals surface area contributed by atoms with E-state index >= 15 is 0 Å². The molecule has 0 aliphatic carbocycles. The fourth-order valence-electron chi connectivity index (χ4n) is 2.67. The lowest BCUT2D eigenvalue weighted by Crippen LogP contribution is -2.45. The number of ether oxygens (including phenoxy) is 1. The van der Waals surface area contributed by atoms with E-state index in [4.69, 9.17) is 16.3 Å². The molecule has 31 heavy (non-hydrogen) atoms. The van der Waals surface area contributed by atoms with Gasteiger partial charge in [0.15, 0.2) is 0 Å². The van der Waals surface area contributed by atoms with E-state index in [-0.39, 0.29) is 15.6 Å². The smallest absolute Gasteiger partial charge is 0.264 e. The summed E-state index contributed by atoms with van der Waals surface area (Å²) in [4.78, 5) is 13.5. The van der Waals surface area contributed by atoms with Crippen LogP contribution in [-0.4, -0.2) is 28.0 Å². The number of nitrogens with one attached hydrogen (secondary N) is 2. The highest BCUT2D eigenvalue weighted by molar-refractivity contribution is 7.92. The second-order valence-corrected chi connectivity index (χ2v) is 9.49. The molecule has 1 aromatic heterocycles. The molecule has 0 fully saturated rings. The van der Waals surface area contributed by atoms with Crippen molar-refractivity contribution >= 4 is 50.3 Å². The zero-order valence-electron chi connectivity index (χ0n) is 16.5. The molecular formula is C21H20ClN3O4S2. The minimum absolute atomic E-state index is 0.0469. The summed E-state index contributed by atoms with van der Waals surface area (Å²) < 4.78 is 32.7. The highest BCUT2D eigenvalue weighted by Gasteiger charge is 2.27. The van der Waals surface area contributed by atoms with Crippen molar-refractivity contribution in [2.45, 2.75) is 4.90 Å². The van der Waals surface area contributed by atoms with Gasteiger partial charge in [0.25, 0.3) is 15.9 Å². The molecule has 7 nitrogen and oxygen atoms in total. The third-order valence-electron chi connectivity index (χ3n) is 4.21. The molecule has 1 amide bonds. The lowest BCUT2D eigenvalue weighted by molar-refractivity contribution is -0.120. The summed E-state index contributed by atoms with van der Waals surface area (Å²) in [6, 6.07) is 16.1. The molecule has 0 aliphatic rings. The minimum atomic E-state index is -4.04. The van der Waals surface area contributed by atoms with Gasteiger partial charge in [-0.05, 0) is 41.8 Å². The number of hydrogen-bond donors (Lipinski definition) is 2. The van der Waals surface area contributed by atoms with Gasteiger partial charge in [-0.2, -0.15) is 0 Å². The number of halogens is 1. The molecule has 3 aromatic rings. The van der Waals surface area contributed by atoms with E-state index in [1.54, 1.807) is 24.3 Å². The Morgan fingerprint density at radius 1 is 1.13 bits per heavy atom. The topological polar surface area (TPSA) is 87.7 Å². The second kappa shape index (κ2) is 9.86. The molecule has 0 radical (unpaired) electrons. The standard InChI is InChI=1S/C21H20ClN3O4S2/c1-15(20-9-6-12-30-20)23-24-21(26)14-25(16-10-11-19(29-2)18(22)13-16)31(27,28)17-7-4-3-5-8-17/h3-13,23H,1,14H2,2H3,(H,24,26). The van der Waals surface area contributed by atoms with Crippen molar-refractivity contribution in [1.29, 1.82) is 0 Å². The maximum atomic E-state index is 13.3. The zero-order valence-corrected chi connectivity index (χ0v) is 18.9. The largest absolute Gasteiger partial charge is 0.495 e. The summed E-state index contributed by atoms with van der Waals surface area (Å²) in [5.74, 6) is -0.190. The third kappa shape index (κ3) is 5.38. The number of sulfonamides is 1. The van der Waals surface area contributed by atoms with Crippen molar-refractivity contribution < 1.29 is 17.9 Å². The molecule has 1 heterocycles. The van der Waals surface area contributed by atoms with E-state index in [0.717, 1.165) is 9.18 Å². The molecular weight excluding hydrogens is 458 g/mol. The lowest BCUT2D eigenvalue weighted by Gasteiger charge is -2.25. The van der Waals surface area contributed by atoms with E-state index in [1.165, 1.54) is 42.7 Å². The van der Waals surface area contributed by atoms with Crippen LogP contribution in [0.4, 0.5) is 5.69 Å². The number of rotatable bonds is 9. The van der Waals surface area contributed by atoms with Crippen LogP contribution < -0.4 is 19.9 Å². The summed E-state index contributed by atoms with van der Waals surface area (Å²) in [5.41, 5.74) is 5.92. The predicted molar refractivity (Wildman–Crippen MR) is 124 cm³/mol. The zero-order chi connectivity index (χ0) is 22.4. The summed E-state index contributed by atoms with van der Waals surface area (Å²) in [6.07, 6.45) is 0. The first kappa shape index (κ1) is 22.7. The third-order valence-corrected chi connectivity index (χ3v) is 7.23. The average molecular weight is 478 g/mol. The van der Waals surface area contributed by atoms with Crippen molar-refractivity contribution in [3.8, 4) is 5.75 Å². The molecule has 10 heteroatoms. The monoisotopic (exact) mass is 477 g/mol. The Balaban J connectivity index is 1.86. The summed E-state index contributed by atoms with van der Waals surface area (Å²) in [7, 11) is -2.59. The second-order valence-electron chi connectivity index (χ2n) is 6.27. The lowest BCUT2D eigenvalue weighted by atomic mass is 10.3. The molecule has 162 valence electrons. The van der Waals surface area contributed by atoms with Gasteiger partial charge >= 0.3 is 0 Å². The van der Waals surface area contributed by atoms with Gasteiger partial charge in [-0.1, -0.05) is 42.4 Å². The number of benzene rings is 2. The van der Waals surface area contributed by atoms with Crippen LogP contribution in [0, 0.1) is 0 Å². The molecule has 2 aromatic carbocycles. The Morgan fingerprint density at radius 2 is 1.87 bits per heavy atom. The number of nitrogens with zero attached hydrogens (tertiary/aromatic N) is 1. The predicted octanol–water partition coefficient (Wildman–Crippen LogP) is 3.90. The van der Waals surface area contributed by atoms with E-state index in [1.807, 2.05) is 17.5 Å². The Bertz CT molecular complexity index is 1170.